The molecule has 2 aromatic heterocycles. The highest BCUT2D eigenvalue weighted by Gasteiger charge is 2.10. The lowest BCUT2D eigenvalue weighted by Gasteiger charge is -1.93. The molecule has 15 heavy (non-hydrogen) atoms. The van der Waals surface area contributed by atoms with E-state index in [9.17, 15) is 4.79 Å². The Balaban J connectivity index is 2.11. The van der Waals surface area contributed by atoms with Crippen molar-refractivity contribution in [1.29, 1.82) is 0 Å². The largest absolute Gasteiger partial charge is 0.464 e. The van der Waals surface area contributed by atoms with Gasteiger partial charge in [-0.25, -0.2) is 14.5 Å². The average molecular weight is 224 g/mol. The summed E-state index contributed by atoms with van der Waals surface area (Å²) in [5.41, 5.74) is 0.203. The molecule has 0 aromatic carbocycles. The van der Waals surface area contributed by atoms with E-state index in [-0.39, 0.29) is 5.69 Å². The summed E-state index contributed by atoms with van der Waals surface area (Å²) in [6, 6.07) is 0. The molecule has 0 atom stereocenters. The lowest BCUT2D eigenvalue weighted by molar-refractivity contribution is 0.0594. The van der Waals surface area contributed by atoms with Crippen LogP contribution in [0.3, 0.4) is 0 Å². The molecule has 0 spiro atoms. The van der Waals surface area contributed by atoms with Gasteiger partial charge in [-0.2, -0.15) is 0 Å². The predicted molar refractivity (Wildman–Crippen MR) is 52.6 cm³/mol. The van der Waals surface area contributed by atoms with E-state index in [2.05, 4.69) is 20.0 Å². The Morgan fingerprint density at radius 1 is 1.67 bits per heavy atom. The number of esters is 1. The minimum atomic E-state index is -0.486. The summed E-state index contributed by atoms with van der Waals surface area (Å²) < 4.78 is 6.06. The molecule has 0 radical (unpaired) electrons. The van der Waals surface area contributed by atoms with Gasteiger partial charge in [-0.1, -0.05) is 5.21 Å². The van der Waals surface area contributed by atoms with Crippen LogP contribution in [0.4, 0.5) is 0 Å². The van der Waals surface area contributed by atoms with Crippen LogP contribution in [0.1, 0.15) is 15.5 Å². The second-order valence-electron chi connectivity index (χ2n) is 2.72. The van der Waals surface area contributed by atoms with Crippen LogP contribution >= 0.6 is 11.3 Å². The smallest absolute Gasteiger partial charge is 0.360 e. The number of hydrogen-bond acceptors (Lipinski definition) is 6. The molecular formula is C8H8N4O2S. The van der Waals surface area contributed by atoms with Crippen molar-refractivity contribution in [2.24, 2.45) is 0 Å². The van der Waals surface area contributed by atoms with E-state index in [1.165, 1.54) is 24.6 Å². The molecule has 6 nitrogen and oxygen atoms in total. The number of methoxy groups -OCH3 is 1. The second-order valence-corrected chi connectivity index (χ2v) is 3.70. The van der Waals surface area contributed by atoms with Crippen molar-refractivity contribution in [3.8, 4) is 0 Å². The average Bonchev–Trinajstić information content (AvgIpc) is 2.88. The first-order chi connectivity index (χ1) is 7.29. The molecule has 0 unspecified atom stereocenters. The summed E-state index contributed by atoms with van der Waals surface area (Å²) in [5, 5.41) is 10.3. The minimum Gasteiger partial charge on any atom is -0.464 e. The van der Waals surface area contributed by atoms with Crippen molar-refractivity contribution in [2.45, 2.75) is 6.54 Å². The van der Waals surface area contributed by atoms with Gasteiger partial charge in [-0.05, 0) is 0 Å². The molecule has 2 aromatic rings. The zero-order valence-corrected chi connectivity index (χ0v) is 8.77. The molecule has 0 N–H and O–H groups in total. The second kappa shape index (κ2) is 4.18. The van der Waals surface area contributed by atoms with Crippen molar-refractivity contribution in [3.63, 3.8) is 0 Å². The Bertz CT molecular complexity index is 451. The normalized spacial score (nSPS) is 10.2. The number of carbonyl (C=O) groups excluding carboxylic acids is 1. The highest BCUT2D eigenvalue weighted by molar-refractivity contribution is 7.09. The molecule has 0 aliphatic rings. The molecule has 2 heterocycles. The van der Waals surface area contributed by atoms with Gasteiger partial charge in [0.05, 0.1) is 19.9 Å². The van der Waals surface area contributed by atoms with Gasteiger partial charge in [-0.3, -0.25) is 0 Å². The molecule has 0 saturated carbocycles. The fourth-order valence-electron chi connectivity index (χ4n) is 1.04. The van der Waals surface area contributed by atoms with Gasteiger partial charge in [-0.15, -0.1) is 16.4 Å². The van der Waals surface area contributed by atoms with E-state index < -0.39 is 5.97 Å². The Labute approximate surface area is 89.5 Å². The van der Waals surface area contributed by atoms with Crippen molar-refractivity contribution in [3.05, 3.63) is 28.5 Å². The van der Waals surface area contributed by atoms with E-state index in [4.69, 9.17) is 0 Å². The SMILES string of the molecule is COC(=O)c1cn(Cc2nccs2)nn1. The molecule has 7 heteroatoms. The number of nitrogens with zero attached hydrogens (tertiary/aromatic N) is 4. The number of aromatic nitrogens is 4. The van der Waals surface area contributed by atoms with Crippen LogP contribution in [0.2, 0.25) is 0 Å². The van der Waals surface area contributed by atoms with Crippen LogP contribution in [0.25, 0.3) is 0 Å². The van der Waals surface area contributed by atoms with Gasteiger partial charge < -0.3 is 4.74 Å². The summed E-state index contributed by atoms with van der Waals surface area (Å²) in [6.07, 6.45) is 3.26. The zero-order chi connectivity index (χ0) is 10.7. The zero-order valence-electron chi connectivity index (χ0n) is 7.95. The van der Waals surface area contributed by atoms with Gasteiger partial charge in [0, 0.05) is 11.6 Å². The van der Waals surface area contributed by atoms with Gasteiger partial charge in [0.2, 0.25) is 0 Å². The van der Waals surface area contributed by atoms with E-state index in [0.717, 1.165) is 5.01 Å². The standard InChI is InChI=1S/C8H8N4O2S/c1-14-8(13)6-4-12(11-10-6)5-7-9-2-3-15-7/h2-4H,5H2,1H3. The molecule has 0 amide bonds. The van der Waals surface area contributed by atoms with Crippen LogP contribution in [0.15, 0.2) is 17.8 Å². The maximum Gasteiger partial charge on any atom is 0.360 e. The van der Waals surface area contributed by atoms with E-state index in [1.54, 1.807) is 10.9 Å². The summed E-state index contributed by atoms with van der Waals surface area (Å²) >= 11 is 1.53. The number of ether oxygens (including phenoxy) is 1. The van der Waals surface area contributed by atoms with E-state index >= 15 is 0 Å². The Morgan fingerprint density at radius 2 is 2.53 bits per heavy atom. The molecule has 78 valence electrons. The lowest BCUT2D eigenvalue weighted by Crippen LogP contribution is -2.01. The molecule has 0 fully saturated rings. The molecule has 0 aliphatic heterocycles. The first-order valence-corrected chi connectivity index (χ1v) is 5.04. The molecule has 2 rings (SSSR count). The Kier molecular flexibility index (Phi) is 2.72. The van der Waals surface area contributed by atoms with Crippen molar-refractivity contribution in [1.82, 2.24) is 20.0 Å². The van der Waals surface area contributed by atoms with Crippen molar-refractivity contribution >= 4 is 17.3 Å². The van der Waals surface area contributed by atoms with Crippen molar-refractivity contribution in [2.75, 3.05) is 7.11 Å². The van der Waals surface area contributed by atoms with Gasteiger partial charge >= 0.3 is 5.97 Å². The first-order valence-electron chi connectivity index (χ1n) is 4.16. The topological polar surface area (TPSA) is 69.9 Å². The third-order valence-corrected chi connectivity index (χ3v) is 2.48. The predicted octanol–water partition coefficient (Wildman–Crippen LogP) is 0.569. The lowest BCUT2D eigenvalue weighted by atomic mass is 10.5. The summed E-state index contributed by atoms with van der Waals surface area (Å²) in [4.78, 5) is 15.2. The van der Waals surface area contributed by atoms with E-state index in [0.29, 0.717) is 6.54 Å². The van der Waals surface area contributed by atoms with Gasteiger partial charge in [0.15, 0.2) is 5.69 Å². The number of carbonyl (C=O) groups is 1. The fraction of sp³-hybridized carbons (Fsp3) is 0.250. The van der Waals surface area contributed by atoms with Crippen molar-refractivity contribution < 1.29 is 9.53 Å². The quantitative estimate of drug-likeness (QED) is 0.713. The van der Waals surface area contributed by atoms with Crippen LogP contribution in [-0.2, 0) is 11.3 Å². The summed E-state index contributed by atoms with van der Waals surface area (Å²) in [7, 11) is 1.31. The van der Waals surface area contributed by atoms with Crippen LogP contribution in [-0.4, -0.2) is 33.1 Å². The van der Waals surface area contributed by atoms with Crippen LogP contribution in [0.5, 0.6) is 0 Å². The third kappa shape index (κ3) is 2.18. The van der Waals surface area contributed by atoms with Crippen LogP contribution < -0.4 is 0 Å². The Hall–Kier alpha value is -1.76. The maximum absolute atomic E-state index is 11.1. The van der Waals surface area contributed by atoms with E-state index in [1.807, 2.05) is 5.38 Å². The number of thiazole rings is 1. The molecular weight excluding hydrogens is 216 g/mol. The minimum absolute atomic E-state index is 0.203. The monoisotopic (exact) mass is 224 g/mol. The first kappa shape index (κ1) is 9.78. The molecule has 0 saturated heterocycles. The molecule has 0 bridgehead atoms. The molecule has 0 aliphatic carbocycles. The highest BCUT2D eigenvalue weighted by Crippen LogP contribution is 2.06. The van der Waals surface area contributed by atoms with Gasteiger partial charge in [0.25, 0.3) is 0 Å². The summed E-state index contributed by atoms with van der Waals surface area (Å²) in [5.74, 6) is -0.486. The summed E-state index contributed by atoms with van der Waals surface area (Å²) in [6.45, 7) is 0.516. The fourth-order valence-corrected chi connectivity index (χ4v) is 1.65. The van der Waals surface area contributed by atoms with Gasteiger partial charge in [0.1, 0.15) is 5.01 Å². The number of rotatable bonds is 3. The highest BCUT2D eigenvalue weighted by atomic mass is 32.1. The maximum atomic E-state index is 11.1. The Morgan fingerprint density at radius 3 is 3.20 bits per heavy atom. The number of hydrogen-bond donors (Lipinski definition) is 0. The van der Waals surface area contributed by atoms with Crippen LogP contribution in [0, 0.1) is 0 Å². The third-order valence-electron chi connectivity index (χ3n) is 1.71.